The molecule has 0 unspecified atom stereocenters. The monoisotopic (exact) mass is 264 g/mol. The molecule has 0 aliphatic heterocycles. The Morgan fingerprint density at radius 2 is 1.83 bits per heavy atom. The van der Waals surface area contributed by atoms with E-state index in [-0.39, 0.29) is 11.5 Å². The molecule has 18 heavy (non-hydrogen) atoms. The summed E-state index contributed by atoms with van der Waals surface area (Å²) in [5.74, 6) is 0.246. The second kappa shape index (κ2) is 4.66. The topological polar surface area (TPSA) is 78.5 Å². The highest BCUT2D eigenvalue weighted by Gasteiger charge is 2.07. The molecule has 0 aliphatic carbocycles. The van der Waals surface area contributed by atoms with Crippen LogP contribution in [0.15, 0.2) is 30.3 Å². The minimum absolute atomic E-state index is 0.0976. The van der Waals surface area contributed by atoms with Crippen molar-refractivity contribution in [3.8, 4) is 11.5 Å². The Hall–Kier alpha value is -2.07. The van der Waals surface area contributed by atoms with Crippen molar-refractivity contribution in [2.24, 2.45) is 0 Å². The number of phenolic OH excluding ortho intramolecular Hbond substituents is 2. The molecule has 0 saturated carbocycles. The van der Waals surface area contributed by atoms with Crippen molar-refractivity contribution >= 4 is 28.7 Å². The predicted octanol–water partition coefficient (Wildman–Crippen LogP) is 3.39. The van der Waals surface area contributed by atoms with Crippen LogP contribution in [0.3, 0.4) is 0 Å². The predicted molar refractivity (Wildman–Crippen MR) is 73.7 cm³/mol. The zero-order valence-electron chi connectivity index (χ0n) is 9.74. The SMILES string of the molecule is Cc1cc(Nc2ccc(O)cc2Cl)c(N)cc1O. The van der Waals surface area contributed by atoms with Crippen LogP contribution in [0.5, 0.6) is 11.5 Å². The lowest BCUT2D eigenvalue weighted by molar-refractivity contribution is 0.471. The van der Waals surface area contributed by atoms with E-state index in [1.165, 1.54) is 18.2 Å². The van der Waals surface area contributed by atoms with Gasteiger partial charge in [-0.05, 0) is 30.7 Å². The lowest BCUT2D eigenvalue weighted by Crippen LogP contribution is -1.97. The summed E-state index contributed by atoms with van der Waals surface area (Å²) in [6.45, 7) is 1.78. The van der Waals surface area contributed by atoms with E-state index in [1.807, 2.05) is 0 Å². The summed E-state index contributed by atoms with van der Waals surface area (Å²) in [6.07, 6.45) is 0. The number of nitrogens with two attached hydrogens (primary N) is 1. The molecule has 0 radical (unpaired) electrons. The molecule has 5 N–H and O–H groups in total. The first-order valence-electron chi connectivity index (χ1n) is 5.32. The van der Waals surface area contributed by atoms with Gasteiger partial charge in [0.15, 0.2) is 0 Å². The number of aryl methyl sites for hydroxylation is 1. The van der Waals surface area contributed by atoms with Crippen LogP contribution in [0.25, 0.3) is 0 Å². The number of phenols is 2. The smallest absolute Gasteiger partial charge is 0.120 e. The summed E-state index contributed by atoms with van der Waals surface area (Å²) >= 11 is 5.99. The molecule has 0 spiro atoms. The molecule has 0 bridgehead atoms. The zero-order chi connectivity index (χ0) is 13.3. The minimum Gasteiger partial charge on any atom is -0.508 e. The molecule has 2 aromatic rings. The number of anilines is 3. The Morgan fingerprint density at radius 1 is 1.11 bits per heavy atom. The van der Waals surface area contributed by atoms with E-state index in [0.29, 0.717) is 27.6 Å². The van der Waals surface area contributed by atoms with E-state index in [1.54, 1.807) is 19.1 Å². The number of hydrogen-bond donors (Lipinski definition) is 4. The molecule has 5 heteroatoms. The van der Waals surface area contributed by atoms with Gasteiger partial charge in [0.1, 0.15) is 11.5 Å². The summed E-state index contributed by atoms with van der Waals surface area (Å²) in [5.41, 5.74) is 8.21. The van der Waals surface area contributed by atoms with Crippen LogP contribution >= 0.6 is 11.6 Å². The number of rotatable bonds is 2. The standard InChI is InChI=1S/C13H13ClN2O2/c1-7-4-12(10(15)6-13(7)18)16-11-3-2-8(17)5-9(11)14/h2-6,16-18H,15H2,1H3. The van der Waals surface area contributed by atoms with Crippen LogP contribution < -0.4 is 11.1 Å². The Labute approximate surface area is 110 Å². The van der Waals surface area contributed by atoms with Gasteiger partial charge in [0.2, 0.25) is 0 Å². The van der Waals surface area contributed by atoms with Gasteiger partial charge in [-0.25, -0.2) is 0 Å². The number of benzene rings is 2. The third-order valence-electron chi connectivity index (χ3n) is 2.59. The second-order valence-electron chi connectivity index (χ2n) is 4.02. The highest BCUT2D eigenvalue weighted by molar-refractivity contribution is 6.33. The average molecular weight is 265 g/mol. The van der Waals surface area contributed by atoms with Gasteiger partial charge in [-0.15, -0.1) is 0 Å². The van der Waals surface area contributed by atoms with E-state index in [4.69, 9.17) is 17.3 Å². The fourth-order valence-electron chi connectivity index (χ4n) is 1.57. The molecule has 2 rings (SSSR count). The highest BCUT2D eigenvalue weighted by Crippen LogP contribution is 2.33. The van der Waals surface area contributed by atoms with Crippen LogP contribution in [-0.4, -0.2) is 10.2 Å². The van der Waals surface area contributed by atoms with E-state index in [2.05, 4.69) is 5.32 Å². The first kappa shape index (κ1) is 12.4. The van der Waals surface area contributed by atoms with Gasteiger partial charge in [0.05, 0.1) is 22.1 Å². The molecule has 0 saturated heterocycles. The van der Waals surface area contributed by atoms with Gasteiger partial charge in [0.25, 0.3) is 0 Å². The van der Waals surface area contributed by atoms with Crippen LogP contribution in [0, 0.1) is 6.92 Å². The number of hydrogen-bond acceptors (Lipinski definition) is 4. The van der Waals surface area contributed by atoms with Crippen LogP contribution in [-0.2, 0) is 0 Å². The molecule has 0 aliphatic rings. The van der Waals surface area contributed by atoms with Crippen LogP contribution in [0.2, 0.25) is 5.02 Å². The lowest BCUT2D eigenvalue weighted by atomic mass is 10.1. The number of halogens is 1. The van der Waals surface area contributed by atoms with E-state index < -0.39 is 0 Å². The Bertz CT molecular complexity index is 600. The molecular formula is C13H13ClN2O2. The van der Waals surface area contributed by atoms with Crippen molar-refractivity contribution in [3.05, 3.63) is 40.9 Å². The maximum Gasteiger partial charge on any atom is 0.120 e. The quantitative estimate of drug-likeness (QED) is 0.495. The van der Waals surface area contributed by atoms with Crippen LogP contribution in [0.4, 0.5) is 17.1 Å². The third-order valence-corrected chi connectivity index (χ3v) is 2.90. The largest absolute Gasteiger partial charge is 0.508 e. The number of nitrogen functional groups attached to an aromatic ring is 1. The Balaban J connectivity index is 2.37. The summed E-state index contributed by atoms with van der Waals surface area (Å²) in [4.78, 5) is 0. The number of aromatic hydroxyl groups is 2. The first-order chi connectivity index (χ1) is 8.47. The molecule has 2 aromatic carbocycles. The molecule has 0 amide bonds. The van der Waals surface area contributed by atoms with Gasteiger partial charge in [-0.1, -0.05) is 11.6 Å². The molecule has 0 heterocycles. The summed E-state index contributed by atoms with van der Waals surface area (Å²) in [7, 11) is 0. The summed E-state index contributed by atoms with van der Waals surface area (Å²) < 4.78 is 0. The van der Waals surface area contributed by atoms with E-state index in [9.17, 15) is 10.2 Å². The summed E-state index contributed by atoms with van der Waals surface area (Å²) in [5, 5.41) is 22.2. The van der Waals surface area contributed by atoms with Gasteiger partial charge < -0.3 is 21.3 Å². The molecule has 0 fully saturated rings. The average Bonchev–Trinajstić information content (AvgIpc) is 2.29. The fourth-order valence-corrected chi connectivity index (χ4v) is 1.79. The van der Waals surface area contributed by atoms with E-state index in [0.717, 1.165) is 0 Å². The van der Waals surface area contributed by atoms with Crippen molar-refractivity contribution in [2.45, 2.75) is 6.92 Å². The first-order valence-corrected chi connectivity index (χ1v) is 5.70. The molecule has 94 valence electrons. The normalized spacial score (nSPS) is 10.3. The zero-order valence-corrected chi connectivity index (χ0v) is 10.5. The summed E-state index contributed by atoms with van der Waals surface area (Å²) in [6, 6.07) is 7.82. The molecule has 4 nitrogen and oxygen atoms in total. The second-order valence-corrected chi connectivity index (χ2v) is 4.42. The van der Waals surface area contributed by atoms with Crippen molar-refractivity contribution in [1.82, 2.24) is 0 Å². The van der Waals surface area contributed by atoms with Crippen molar-refractivity contribution in [2.75, 3.05) is 11.1 Å². The van der Waals surface area contributed by atoms with Gasteiger partial charge in [-0.2, -0.15) is 0 Å². The maximum atomic E-state index is 9.51. The van der Waals surface area contributed by atoms with Crippen molar-refractivity contribution in [3.63, 3.8) is 0 Å². The molecular weight excluding hydrogens is 252 g/mol. The van der Waals surface area contributed by atoms with Crippen LogP contribution in [0.1, 0.15) is 5.56 Å². The number of nitrogens with one attached hydrogen (secondary N) is 1. The maximum absolute atomic E-state index is 9.51. The van der Waals surface area contributed by atoms with Crippen molar-refractivity contribution in [1.29, 1.82) is 0 Å². The van der Waals surface area contributed by atoms with E-state index >= 15 is 0 Å². The van der Waals surface area contributed by atoms with Gasteiger partial charge in [0, 0.05) is 12.1 Å². The van der Waals surface area contributed by atoms with Gasteiger partial charge >= 0.3 is 0 Å². The minimum atomic E-state index is 0.0976. The van der Waals surface area contributed by atoms with Crippen molar-refractivity contribution < 1.29 is 10.2 Å². The fraction of sp³-hybridized carbons (Fsp3) is 0.0769. The van der Waals surface area contributed by atoms with Gasteiger partial charge in [-0.3, -0.25) is 0 Å². The Morgan fingerprint density at radius 3 is 2.50 bits per heavy atom. The molecule has 0 aromatic heterocycles. The highest BCUT2D eigenvalue weighted by atomic mass is 35.5. The lowest BCUT2D eigenvalue weighted by Gasteiger charge is -2.12. The molecule has 0 atom stereocenters. The Kier molecular flexibility index (Phi) is 3.21. The third kappa shape index (κ3) is 2.43.